The molecule has 0 heterocycles. The van der Waals surface area contributed by atoms with Crippen LogP contribution in [0.3, 0.4) is 0 Å². The molecule has 0 aliphatic rings. The summed E-state index contributed by atoms with van der Waals surface area (Å²) < 4.78 is 10.9. The molecule has 7 nitrogen and oxygen atoms in total. The van der Waals surface area contributed by atoms with Crippen LogP contribution in [0.2, 0.25) is 12.6 Å². The topological polar surface area (TPSA) is 96.3 Å². The molecule has 1 aromatic carbocycles. The van der Waals surface area contributed by atoms with E-state index < -0.39 is 33.0 Å². The fourth-order valence-corrected chi connectivity index (χ4v) is 3.81. The van der Waals surface area contributed by atoms with Crippen molar-refractivity contribution in [3.63, 3.8) is 0 Å². The maximum Gasteiger partial charge on any atom is 0.334 e. The van der Waals surface area contributed by atoms with Crippen LogP contribution >= 0.6 is 0 Å². The minimum Gasteiger partial charge on any atom is -0.481 e. The quantitative estimate of drug-likeness (QED) is 0.587. The van der Waals surface area contributed by atoms with Crippen LogP contribution in [0.1, 0.15) is 12.8 Å². The van der Waals surface area contributed by atoms with E-state index in [-0.39, 0.29) is 0 Å². The van der Waals surface area contributed by atoms with Gasteiger partial charge in [0.25, 0.3) is 0 Å². The van der Waals surface area contributed by atoms with Crippen molar-refractivity contribution in [1.29, 1.82) is 0 Å². The zero-order valence-corrected chi connectivity index (χ0v) is 15.3. The average Bonchev–Trinajstić information content (AvgIpc) is 2.57. The van der Waals surface area contributed by atoms with Gasteiger partial charge in [0.2, 0.25) is 0 Å². The predicted molar refractivity (Wildman–Crippen MR) is 92.5 cm³/mol. The molecule has 0 aromatic heterocycles. The van der Waals surface area contributed by atoms with Gasteiger partial charge in [-0.25, -0.2) is 4.79 Å². The number of hydrogen-bond acceptors (Lipinski definition) is 5. The lowest BCUT2D eigenvalue weighted by Gasteiger charge is -2.31. The van der Waals surface area contributed by atoms with E-state index in [0.717, 1.165) is 0 Å². The Bertz CT molecular complexity index is 535. The average molecular weight is 355 g/mol. The largest absolute Gasteiger partial charge is 0.481 e. The van der Waals surface area contributed by atoms with E-state index >= 15 is 0 Å². The lowest BCUT2D eigenvalue weighted by atomic mass is 10.1. The van der Waals surface area contributed by atoms with E-state index in [2.05, 4.69) is 0 Å². The minimum atomic E-state index is -2.25. The lowest BCUT2D eigenvalue weighted by Crippen LogP contribution is -2.44. The molecule has 0 saturated carbocycles. The fraction of sp³-hybridized carbons (Fsp3) is 0.500. The summed E-state index contributed by atoms with van der Waals surface area (Å²) in [6.45, 7) is 2.34. The molecule has 0 fully saturated rings. The minimum absolute atomic E-state index is 0.406. The molecule has 0 radical (unpaired) electrons. The standard InChI is InChI=1S/C16H25NO6Si/c1-22-24(3,23-2)11-7-10-17(13-8-5-4-6-9-13)14(16(20)21)12-15(18)19/h4-6,8-9,14H,7,10-12H2,1-3H3,(H,18,19)(H,20,21)/t14-/m0/s1. The van der Waals surface area contributed by atoms with Gasteiger partial charge in [-0.15, -0.1) is 0 Å². The van der Waals surface area contributed by atoms with Crippen LogP contribution in [0.15, 0.2) is 30.3 Å². The second kappa shape index (κ2) is 9.41. The van der Waals surface area contributed by atoms with Gasteiger partial charge >= 0.3 is 20.5 Å². The van der Waals surface area contributed by atoms with Gasteiger partial charge in [0, 0.05) is 26.5 Å². The van der Waals surface area contributed by atoms with E-state index in [1.807, 2.05) is 12.6 Å². The number of aliphatic carboxylic acids is 2. The SMILES string of the molecule is CO[Si](C)(CCCN(c1ccccc1)[C@@H](CC(=O)O)C(=O)O)OC. The number of rotatable bonds is 11. The van der Waals surface area contributed by atoms with E-state index in [4.69, 9.17) is 14.0 Å². The third kappa shape index (κ3) is 5.95. The van der Waals surface area contributed by atoms with E-state index in [1.165, 1.54) is 0 Å². The highest BCUT2D eigenvalue weighted by Crippen LogP contribution is 2.22. The maximum atomic E-state index is 11.6. The Morgan fingerprint density at radius 3 is 2.21 bits per heavy atom. The number of hydrogen-bond donors (Lipinski definition) is 2. The highest BCUT2D eigenvalue weighted by Gasteiger charge is 2.31. The molecule has 0 aliphatic carbocycles. The van der Waals surface area contributed by atoms with Crippen molar-refractivity contribution >= 4 is 26.2 Å². The number of para-hydroxylation sites is 1. The fourth-order valence-electron chi connectivity index (χ4n) is 2.44. The van der Waals surface area contributed by atoms with Gasteiger partial charge < -0.3 is 24.0 Å². The molecule has 0 saturated heterocycles. The van der Waals surface area contributed by atoms with Gasteiger partial charge in [-0.3, -0.25) is 4.79 Å². The van der Waals surface area contributed by atoms with Gasteiger partial charge in [-0.2, -0.15) is 0 Å². The highest BCUT2D eigenvalue weighted by atomic mass is 28.4. The molecule has 1 aromatic rings. The van der Waals surface area contributed by atoms with Crippen LogP contribution in [0.4, 0.5) is 5.69 Å². The Hall–Kier alpha value is -1.90. The van der Waals surface area contributed by atoms with Crippen molar-refractivity contribution in [2.75, 3.05) is 25.7 Å². The summed E-state index contributed by atoms with van der Waals surface area (Å²) in [7, 11) is 0.963. The van der Waals surface area contributed by atoms with Crippen LogP contribution in [0.25, 0.3) is 0 Å². The molecular formula is C16H25NO6Si. The number of nitrogens with zero attached hydrogens (tertiary/aromatic N) is 1. The summed E-state index contributed by atoms with van der Waals surface area (Å²) in [5.41, 5.74) is 0.685. The molecule has 24 heavy (non-hydrogen) atoms. The Balaban J connectivity index is 2.93. The van der Waals surface area contributed by atoms with E-state index in [1.54, 1.807) is 43.4 Å². The number of benzene rings is 1. The van der Waals surface area contributed by atoms with Gasteiger partial charge in [0.15, 0.2) is 0 Å². The van der Waals surface area contributed by atoms with Gasteiger partial charge in [0.05, 0.1) is 6.42 Å². The zero-order valence-electron chi connectivity index (χ0n) is 14.3. The van der Waals surface area contributed by atoms with Gasteiger partial charge in [0.1, 0.15) is 6.04 Å². The second-order valence-electron chi connectivity index (χ2n) is 5.63. The summed E-state index contributed by atoms with van der Waals surface area (Å²) in [6.07, 6.45) is 0.177. The van der Waals surface area contributed by atoms with Crippen LogP contribution in [0.5, 0.6) is 0 Å². The smallest absolute Gasteiger partial charge is 0.334 e. The molecule has 0 spiro atoms. The second-order valence-corrected chi connectivity index (χ2v) is 9.21. The molecule has 0 unspecified atom stereocenters. The van der Waals surface area contributed by atoms with Crippen molar-refractivity contribution < 1.29 is 28.7 Å². The molecule has 2 N–H and O–H groups in total. The Morgan fingerprint density at radius 2 is 1.75 bits per heavy atom. The summed E-state index contributed by atoms with van der Waals surface area (Å²) >= 11 is 0. The summed E-state index contributed by atoms with van der Waals surface area (Å²) in [5.74, 6) is -2.30. The number of carbonyl (C=O) groups is 2. The Morgan fingerprint density at radius 1 is 1.17 bits per heavy atom. The molecule has 0 amide bonds. The normalized spacial score (nSPS) is 12.6. The first-order valence-corrected chi connectivity index (χ1v) is 10.2. The predicted octanol–water partition coefficient (Wildman–Crippen LogP) is 2.18. The first kappa shape index (κ1) is 20.1. The molecule has 134 valence electrons. The van der Waals surface area contributed by atoms with Gasteiger partial charge in [-0.1, -0.05) is 18.2 Å². The van der Waals surface area contributed by atoms with Crippen molar-refractivity contribution in [2.45, 2.75) is 31.5 Å². The number of carboxylic acids is 2. The van der Waals surface area contributed by atoms with Crippen LogP contribution < -0.4 is 4.90 Å². The lowest BCUT2D eigenvalue weighted by molar-refractivity contribution is -0.145. The molecule has 8 heteroatoms. The van der Waals surface area contributed by atoms with Crippen molar-refractivity contribution in [3.05, 3.63) is 30.3 Å². The Kier molecular flexibility index (Phi) is 7.89. The third-order valence-corrected chi connectivity index (χ3v) is 7.00. The first-order chi connectivity index (χ1) is 11.3. The summed E-state index contributed by atoms with van der Waals surface area (Å²) in [4.78, 5) is 24.3. The molecule has 1 rings (SSSR count). The maximum absolute atomic E-state index is 11.6. The monoisotopic (exact) mass is 355 g/mol. The van der Waals surface area contributed by atoms with Gasteiger partial charge in [-0.05, 0) is 31.1 Å². The zero-order chi connectivity index (χ0) is 18.2. The Labute approximate surface area is 143 Å². The van der Waals surface area contributed by atoms with Crippen LogP contribution in [-0.2, 0) is 18.4 Å². The van der Waals surface area contributed by atoms with Crippen molar-refractivity contribution in [3.8, 4) is 0 Å². The number of anilines is 1. The van der Waals surface area contributed by atoms with Crippen LogP contribution in [0, 0.1) is 0 Å². The van der Waals surface area contributed by atoms with E-state index in [9.17, 15) is 14.7 Å². The molecular weight excluding hydrogens is 330 g/mol. The third-order valence-electron chi connectivity index (χ3n) is 4.01. The summed E-state index contributed by atoms with van der Waals surface area (Å²) in [5, 5.41) is 18.5. The van der Waals surface area contributed by atoms with Crippen LogP contribution in [-0.4, -0.2) is 57.5 Å². The summed E-state index contributed by atoms with van der Waals surface area (Å²) in [6, 6.07) is 8.54. The number of carboxylic acid groups (broad SMARTS) is 2. The first-order valence-electron chi connectivity index (χ1n) is 7.69. The molecule has 0 aliphatic heterocycles. The van der Waals surface area contributed by atoms with E-state index in [0.29, 0.717) is 24.7 Å². The van der Waals surface area contributed by atoms with Crippen molar-refractivity contribution in [2.24, 2.45) is 0 Å². The molecule has 0 bridgehead atoms. The van der Waals surface area contributed by atoms with Crippen molar-refractivity contribution in [1.82, 2.24) is 0 Å². The highest BCUT2D eigenvalue weighted by molar-refractivity contribution is 6.65. The molecule has 1 atom stereocenters.